The Hall–Kier alpha value is -0.890. The maximum absolute atomic E-state index is 6.25. The van der Waals surface area contributed by atoms with Crippen molar-refractivity contribution in [1.82, 2.24) is 10.6 Å². The van der Waals surface area contributed by atoms with Gasteiger partial charge in [0.05, 0.1) is 18.7 Å². The number of nitrogens with zero attached hydrogens (tertiary/aromatic N) is 1. The Morgan fingerprint density at radius 1 is 1.36 bits per heavy atom. The smallest absolute Gasteiger partial charge is 0.191 e. The summed E-state index contributed by atoms with van der Waals surface area (Å²) in [6.07, 6.45) is 0. The van der Waals surface area contributed by atoms with Gasteiger partial charge in [0.2, 0.25) is 0 Å². The van der Waals surface area contributed by atoms with Gasteiger partial charge >= 0.3 is 0 Å². The molecular weight excluding hydrogens is 417 g/mol. The average Bonchev–Trinajstić information content (AvgIpc) is 2.45. The Morgan fingerprint density at radius 2 is 2.05 bits per heavy atom. The highest BCUT2D eigenvalue weighted by Crippen LogP contribution is 2.36. The second-order valence-corrected chi connectivity index (χ2v) is 5.17. The normalized spacial score (nSPS) is 11.0. The topological polar surface area (TPSA) is 54.9 Å². The van der Waals surface area contributed by atoms with E-state index >= 15 is 0 Å². The van der Waals surface area contributed by atoms with E-state index in [2.05, 4.69) is 29.5 Å². The highest BCUT2D eigenvalue weighted by molar-refractivity contribution is 14.0. The van der Waals surface area contributed by atoms with Crippen molar-refractivity contribution in [2.24, 2.45) is 4.99 Å². The minimum absolute atomic E-state index is 0. The molecule has 22 heavy (non-hydrogen) atoms. The van der Waals surface area contributed by atoms with Crippen molar-refractivity contribution in [1.29, 1.82) is 0 Å². The van der Waals surface area contributed by atoms with Gasteiger partial charge in [-0.3, -0.25) is 4.99 Å². The van der Waals surface area contributed by atoms with Crippen LogP contribution in [0.4, 0.5) is 0 Å². The summed E-state index contributed by atoms with van der Waals surface area (Å²) < 4.78 is 10.8. The first-order chi connectivity index (χ1) is 10.0. The van der Waals surface area contributed by atoms with Gasteiger partial charge in [0, 0.05) is 19.6 Å². The van der Waals surface area contributed by atoms with E-state index in [1.807, 2.05) is 19.1 Å². The van der Waals surface area contributed by atoms with E-state index in [0.29, 0.717) is 35.7 Å². The molecule has 1 aromatic carbocycles. The van der Waals surface area contributed by atoms with Crippen LogP contribution >= 0.6 is 35.6 Å². The molecule has 0 saturated heterocycles. The van der Waals surface area contributed by atoms with Gasteiger partial charge in [0.25, 0.3) is 0 Å². The number of rotatable bonds is 6. The van der Waals surface area contributed by atoms with E-state index in [1.165, 1.54) is 0 Å². The quantitative estimate of drug-likeness (QED) is 0.403. The SMILES string of the molecule is CCOc1c(Cl)cc(CNC(=NC)NC(C)C)cc1OC.I. The maximum Gasteiger partial charge on any atom is 0.191 e. The minimum Gasteiger partial charge on any atom is -0.493 e. The molecule has 0 aliphatic heterocycles. The fraction of sp³-hybridized carbons (Fsp3) is 0.533. The number of guanidine groups is 1. The molecule has 0 spiro atoms. The Balaban J connectivity index is 0.00000441. The molecule has 0 fully saturated rings. The Bertz CT molecular complexity index is 496. The van der Waals surface area contributed by atoms with Crippen LogP contribution in [-0.2, 0) is 6.54 Å². The third kappa shape index (κ3) is 6.48. The predicted octanol–water partition coefficient (Wildman–Crippen LogP) is 3.44. The molecule has 0 aliphatic rings. The third-order valence-electron chi connectivity index (χ3n) is 2.69. The summed E-state index contributed by atoms with van der Waals surface area (Å²) in [5.41, 5.74) is 0.993. The molecule has 0 amide bonds. The molecule has 0 radical (unpaired) electrons. The number of nitrogens with one attached hydrogen (secondary N) is 2. The first-order valence-corrected chi connectivity index (χ1v) is 7.36. The molecule has 2 N–H and O–H groups in total. The first kappa shape index (κ1) is 21.1. The monoisotopic (exact) mass is 441 g/mol. The summed E-state index contributed by atoms with van der Waals surface area (Å²) >= 11 is 6.25. The molecule has 126 valence electrons. The lowest BCUT2D eigenvalue weighted by atomic mass is 10.2. The van der Waals surface area contributed by atoms with E-state index in [4.69, 9.17) is 21.1 Å². The van der Waals surface area contributed by atoms with Crippen LogP contribution in [0.2, 0.25) is 5.02 Å². The summed E-state index contributed by atoms with van der Waals surface area (Å²) in [6.45, 7) is 7.16. The van der Waals surface area contributed by atoms with Crippen LogP contribution in [0, 0.1) is 0 Å². The standard InChI is InChI=1S/C15H24ClN3O2.HI/c1-6-21-14-12(16)7-11(8-13(14)20-5)9-18-15(17-4)19-10(2)3;/h7-8,10H,6,9H2,1-5H3,(H2,17,18,19);1H. The molecule has 1 rings (SSSR count). The summed E-state index contributed by atoms with van der Waals surface area (Å²) in [5.74, 6) is 1.96. The van der Waals surface area contributed by atoms with E-state index in [0.717, 1.165) is 11.5 Å². The van der Waals surface area contributed by atoms with Crippen molar-refractivity contribution in [3.63, 3.8) is 0 Å². The van der Waals surface area contributed by atoms with Crippen molar-refractivity contribution in [3.05, 3.63) is 22.7 Å². The molecule has 1 aromatic rings. The molecule has 5 nitrogen and oxygen atoms in total. The van der Waals surface area contributed by atoms with Gasteiger partial charge in [-0.1, -0.05) is 11.6 Å². The van der Waals surface area contributed by atoms with Crippen LogP contribution in [0.3, 0.4) is 0 Å². The zero-order chi connectivity index (χ0) is 15.8. The second kappa shape index (κ2) is 10.8. The molecule has 0 unspecified atom stereocenters. The highest BCUT2D eigenvalue weighted by atomic mass is 127. The van der Waals surface area contributed by atoms with Crippen LogP contribution in [-0.4, -0.2) is 32.8 Å². The number of halogens is 2. The van der Waals surface area contributed by atoms with E-state index < -0.39 is 0 Å². The van der Waals surface area contributed by atoms with E-state index in [9.17, 15) is 0 Å². The summed E-state index contributed by atoms with van der Waals surface area (Å²) in [5, 5.41) is 7.00. The van der Waals surface area contributed by atoms with Crippen molar-refractivity contribution in [2.75, 3.05) is 20.8 Å². The Labute approximate surface area is 154 Å². The predicted molar refractivity (Wildman–Crippen MR) is 103 cm³/mol. The lowest BCUT2D eigenvalue weighted by Gasteiger charge is -2.16. The Kier molecular flexibility index (Phi) is 10.3. The number of benzene rings is 1. The van der Waals surface area contributed by atoms with Gasteiger partial charge in [-0.15, -0.1) is 24.0 Å². The highest BCUT2D eigenvalue weighted by Gasteiger charge is 2.12. The Morgan fingerprint density at radius 3 is 2.55 bits per heavy atom. The largest absolute Gasteiger partial charge is 0.493 e. The fourth-order valence-corrected chi connectivity index (χ4v) is 2.10. The average molecular weight is 442 g/mol. The van der Waals surface area contributed by atoms with Gasteiger partial charge < -0.3 is 20.1 Å². The van der Waals surface area contributed by atoms with Crippen LogP contribution in [0.15, 0.2) is 17.1 Å². The van der Waals surface area contributed by atoms with Gasteiger partial charge in [-0.2, -0.15) is 0 Å². The van der Waals surface area contributed by atoms with E-state index in [1.54, 1.807) is 14.2 Å². The molecule has 7 heteroatoms. The summed E-state index contributed by atoms with van der Waals surface area (Å²) in [4.78, 5) is 4.16. The lowest BCUT2D eigenvalue weighted by molar-refractivity contribution is 0.311. The fourth-order valence-electron chi connectivity index (χ4n) is 1.81. The maximum atomic E-state index is 6.25. The zero-order valence-corrected chi connectivity index (χ0v) is 16.8. The number of aliphatic imine (C=N–C) groups is 1. The zero-order valence-electron chi connectivity index (χ0n) is 13.7. The van der Waals surface area contributed by atoms with Crippen molar-refractivity contribution < 1.29 is 9.47 Å². The van der Waals surface area contributed by atoms with Gasteiger partial charge in [-0.25, -0.2) is 0 Å². The van der Waals surface area contributed by atoms with Gasteiger partial charge in [0.15, 0.2) is 17.5 Å². The number of hydrogen-bond donors (Lipinski definition) is 2. The van der Waals surface area contributed by atoms with Gasteiger partial charge in [-0.05, 0) is 38.5 Å². The van der Waals surface area contributed by atoms with Crippen molar-refractivity contribution >= 4 is 41.5 Å². The number of ether oxygens (including phenoxy) is 2. The summed E-state index contributed by atoms with van der Waals surface area (Å²) in [6, 6.07) is 4.09. The lowest BCUT2D eigenvalue weighted by Crippen LogP contribution is -2.40. The molecular formula is C15H25ClIN3O2. The van der Waals surface area contributed by atoms with Crippen molar-refractivity contribution in [2.45, 2.75) is 33.4 Å². The first-order valence-electron chi connectivity index (χ1n) is 6.98. The second-order valence-electron chi connectivity index (χ2n) is 4.77. The summed E-state index contributed by atoms with van der Waals surface area (Å²) in [7, 11) is 3.34. The third-order valence-corrected chi connectivity index (χ3v) is 2.97. The molecule has 0 saturated carbocycles. The molecule has 0 bridgehead atoms. The minimum atomic E-state index is 0. The van der Waals surface area contributed by atoms with Crippen LogP contribution in [0.25, 0.3) is 0 Å². The van der Waals surface area contributed by atoms with Crippen molar-refractivity contribution in [3.8, 4) is 11.5 Å². The molecule has 0 heterocycles. The number of hydrogen-bond acceptors (Lipinski definition) is 3. The van der Waals surface area contributed by atoms with Crippen LogP contribution in [0.1, 0.15) is 26.3 Å². The van der Waals surface area contributed by atoms with Crippen LogP contribution in [0.5, 0.6) is 11.5 Å². The van der Waals surface area contributed by atoms with Crippen LogP contribution < -0.4 is 20.1 Å². The number of methoxy groups -OCH3 is 1. The van der Waals surface area contributed by atoms with E-state index in [-0.39, 0.29) is 24.0 Å². The van der Waals surface area contributed by atoms with Gasteiger partial charge in [0.1, 0.15) is 0 Å². The molecule has 0 aliphatic carbocycles. The molecule has 0 aromatic heterocycles. The molecule has 0 atom stereocenters.